The van der Waals surface area contributed by atoms with Crippen molar-refractivity contribution < 1.29 is 14.7 Å². The third-order valence-corrected chi connectivity index (χ3v) is 4.45. The van der Waals surface area contributed by atoms with Crippen molar-refractivity contribution in [1.29, 1.82) is 0 Å². The first-order chi connectivity index (χ1) is 11.6. The van der Waals surface area contributed by atoms with Crippen LogP contribution in [0.1, 0.15) is 60.8 Å². The Kier molecular flexibility index (Phi) is 11.2. The number of nitrogens with zero attached hydrogens (tertiary/aromatic N) is 1. The van der Waals surface area contributed by atoms with Crippen LogP contribution in [0.15, 0.2) is 34.9 Å². The van der Waals surface area contributed by atoms with E-state index >= 15 is 0 Å². The fourth-order valence-electron chi connectivity index (χ4n) is 2.65. The quantitative estimate of drug-likeness (QED) is 0.437. The Balaban J connectivity index is 5.66. The maximum absolute atomic E-state index is 12.2. The molecule has 0 aromatic carbocycles. The van der Waals surface area contributed by atoms with Crippen molar-refractivity contribution in [1.82, 2.24) is 4.90 Å². The van der Waals surface area contributed by atoms with Crippen molar-refractivity contribution in [2.24, 2.45) is 0 Å². The minimum Gasteiger partial charge on any atom is -0.480 e. The topological polar surface area (TPSA) is 57.6 Å². The standard InChI is InChI=1S/C20H33NO3S/c1-7-15(4)11-18(12-16(5)10-8-9-14(2)3)21(17(6)22)19(13-25)20(23)24/h7,9,12,18-19,25H,8,10-11,13H2,1-6H3,(H,23,24)/t18?,19-/m1/s1. The number of amides is 1. The van der Waals surface area contributed by atoms with Gasteiger partial charge in [0.25, 0.3) is 0 Å². The van der Waals surface area contributed by atoms with Gasteiger partial charge in [0.1, 0.15) is 6.04 Å². The lowest BCUT2D eigenvalue weighted by atomic mass is 9.99. The van der Waals surface area contributed by atoms with Gasteiger partial charge in [0.15, 0.2) is 0 Å². The van der Waals surface area contributed by atoms with E-state index in [2.05, 4.69) is 32.6 Å². The molecule has 0 aliphatic carbocycles. The predicted molar refractivity (Wildman–Crippen MR) is 108 cm³/mol. The van der Waals surface area contributed by atoms with Crippen LogP contribution in [0, 0.1) is 0 Å². The molecule has 25 heavy (non-hydrogen) atoms. The molecule has 0 rings (SSSR count). The highest BCUT2D eigenvalue weighted by molar-refractivity contribution is 7.80. The van der Waals surface area contributed by atoms with Gasteiger partial charge < -0.3 is 10.0 Å². The van der Waals surface area contributed by atoms with Crippen LogP contribution in [0.25, 0.3) is 0 Å². The van der Waals surface area contributed by atoms with Gasteiger partial charge in [0.05, 0.1) is 6.04 Å². The van der Waals surface area contributed by atoms with Crippen LogP contribution in [0.5, 0.6) is 0 Å². The summed E-state index contributed by atoms with van der Waals surface area (Å²) < 4.78 is 0. The number of carboxylic acids is 1. The zero-order chi connectivity index (χ0) is 19.6. The van der Waals surface area contributed by atoms with Crippen LogP contribution >= 0.6 is 12.6 Å². The number of hydrogen-bond acceptors (Lipinski definition) is 3. The predicted octanol–water partition coefficient (Wildman–Crippen LogP) is 4.64. The lowest BCUT2D eigenvalue weighted by Crippen LogP contribution is -2.50. The maximum atomic E-state index is 12.2. The average molecular weight is 368 g/mol. The number of rotatable bonds is 10. The second kappa shape index (κ2) is 12.0. The summed E-state index contributed by atoms with van der Waals surface area (Å²) in [5, 5.41) is 9.48. The van der Waals surface area contributed by atoms with Crippen LogP contribution in [0.4, 0.5) is 0 Å². The van der Waals surface area contributed by atoms with E-state index in [1.165, 1.54) is 17.4 Å². The van der Waals surface area contributed by atoms with Gasteiger partial charge in [-0.05, 0) is 53.9 Å². The van der Waals surface area contributed by atoms with Gasteiger partial charge in [-0.15, -0.1) is 0 Å². The van der Waals surface area contributed by atoms with Crippen LogP contribution in [0.2, 0.25) is 0 Å². The monoisotopic (exact) mass is 367 g/mol. The number of thiol groups is 1. The Hall–Kier alpha value is -1.49. The summed E-state index contributed by atoms with van der Waals surface area (Å²) in [5.41, 5.74) is 3.55. The van der Waals surface area contributed by atoms with Crippen molar-refractivity contribution >= 4 is 24.5 Å². The molecular formula is C20H33NO3S. The van der Waals surface area contributed by atoms with Crippen molar-refractivity contribution in [3.8, 4) is 0 Å². The third-order valence-electron chi connectivity index (χ3n) is 4.11. The minimum absolute atomic E-state index is 0.0882. The summed E-state index contributed by atoms with van der Waals surface area (Å²) in [6.07, 6.45) is 8.66. The lowest BCUT2D eigenvalue weighted by Gasteiger charge is -2.34. The van der Waals surface area contributed by atoms with Crippen LogP contribution in [-0.2, 0) is 9.59 Å². The molecule has 1 unspecified atom stereocenters. The van der Waals surface area contributed by atoms with E-state index in [1.807, 2.05) is 32.9 Å². The Morgan fingerprint density at radius 2 is 1.72 bits per heavy atom. The van der Waals surface area contributed by atoms with E-state index in [4.69, 9.17) is 0 Å². The number of aliphatic carboxylic acids is 1. The van der Waals surface area contributed by atoms with E-state index in [1.54, 1.807) is 0 Å². The second-order valence-electron chi connectivity index (χ2n) is 6.70. The summed E-state index contributed by atoms with van der Waals surface area (Å²) >= 11 is 4.15. The summed E-state index contributed by atoms with van der Waals surface area (Å²) in [7, 11) is 0. The van der Waals surface area contributed by atoms with E-state index in [9.17, 15) is 14.7 Å². The fourth-order valence-corrected chi connectivity index (χ4v) is 2.99. The van der Waals surface area contributed by atoms with E-state index in [-0.39, 0.29) is 17.7 Å². The number of carboxylic acid groups (broad SMARTS) is 1. The summed E-state index contributed by atoms with van der Waals surface area (Å²) in [5.74, 6) is -1.18. The van der Waals surface area contributed by atoms with Crippen molar-refractivity contribution in [2.75, 3.05) is 5.75 Å². The molecule has 2 atom stereocenters. The maximum Gasteiger partial charge on any atom is 0.327 e. The van der Waals surface area contributed by atoms with Crippen molar-refractivity contribution in [2.45, 2.75) is 72.9 Å². The zero-order valence-corrected chi connectivity index (χ0v) is 17.3. The van der Waals surface area contributed by atoms with Gasteiger partial charge >= 0.3 is 5.97 Å². The Morgan fingerprint density at radius 3 is 2.12 bits per heavy atom. The molecule has 5 heteroatoms. The van der Waals surface area contributed by atoms with Gasteiger partial charge in [-0.1, -0.05) is 34.9 Å². The first-order valence-corrected chi connectivity index (χ1v) is 9.32. The molecule has 0 radical (unpaired) electrons. The average Bonchev–Trinajstić information content (AvgIpc) is 2.50. The Bertz CT molecular complexity index is 545. The van der Waals surface area contributed by atoms with Crippen LogP contribution < -0.4 is 0 Å². The van der Waals surface area contributed by atoms with Gasteiger partial charge in [0.2, 0.25) is 5.91 Å². The number of carbonyl (C=O) groups excluding carboxylic acids is 1. The third kappa shape index (κ3) is 8.96. The molecule has 0 saturated heterocycles. The lowest BCUT2D eigenvalue weighted by molar-refractivity contribution is -0.149. The highest BCUT2D eigenvalue weighted by atomic mass is 32.1. The van der Waals surface area contributed by atoms with Gasteiger partial charge in [-0.25, -0.2) is 4.79 Å². The second-order valence-corrected chi connectivity index (χ2v) is 7.07. The van der Waals surface area contributed by atoms with E-state index < -0.39 is 12.0 Å². The summed E-state index contributed by atoms with van der Waals surface area (Å²) in [6.45, 7) is 11.5. The molecule has 0 fully saturated rings. The number of carbonyl (C=O) groups is 2. The molecular weight excluding hydrogens is 334 g/mol. The van der Waals surface area contributed by atoms with Crippen LogP contribution in [0.3, 0.4) is 0 Å². The SMILES string of the molecule is CC=C(C)CC(C=C(C)CCC=C(C)C)N(C(C)=O)[C@H](CS)C(=O)O. The molecule has 1 N–H and O–H groups in total. The molecule has 0 spiro atoms. The normalized spacial score (nSPS) is 14.7. The molecule has 0 bridgehead atoms. The molecule has 0 aromatic heterocycles. The Labute approximate surface area is 158 Å². The number of hydrogen-bond donors (Lipinski definition) is 2. The highest BCUT2D eigenvalue weighted by Gasteiger charge is 2.31. The molecule has 0 heterocycles. The molecule has 0 aliphatic heterocycles. The smallest absolute Gasteiger partial charge is 0.327 e. The molecule has 142 valence electrons. The molecule has 0 aliphatic rings. The van der Waals surface area contributed by atoms with Crippen molar-refractivity contribution in [3.05, 3.63) is 34.9 Å². The molecule has 0 saturated carbocycles. The summed E-state index contributed by atoms with van der Waals surface area (Å²) in [4.78, 5) is 25.2. The summed E-state index contributed by atoms with van der Waals surface area (Å²) in [6, 6.07) is -1.22. The number of allylic oxidation sites excluding steroid dienone is 4. The molecule has 1 amide bonds. The molecule has 0 aromatic rings. The van der Waals surface area contributed by atoms with E-state index in [0.717, 1.165) is 24.0 Å². The zero-order valence-electron chi connectivity index (χ0n) is 16.4. The first-order valence-electron chi connectivity index (χ1n) is 8.69. The van der Waals surface area contributed by atoms with Gasteiger partial charge in [0, 0.05) is 12.7 Å². The van der Waals surface area contributed by atoms with E-state index in [0.29, 0.717) is 6.42 Å². The largest absolute Gasteiger partial charge is 0.480 e. The first kappa shape index (κ1) is 23.5. The minimum atomic E-state index is -1.02. The van der Waals surface area contributed by atoms with Crippen LogP contribution in [-0.4, -0.2) is 39.7 Å². The van der Waals surface area contributed by atoms with Gasteiger partial charge in [-0.2, -0.15) is 12.6 Å². The fraction of sp³-hybridized carbons (Fsp3) is 0.600. The molecule has 4 nitrogen and oxygen atoms in total. The highest BCUT2D eigenvalue weighted by Crippen LogP contribution is 2.20. The van der Waals surface area contributed by atoms with Crippen molar-refractivity contribution in [3.63, 3.8) is 0 Å². The van der Waals surface area contributed by atoms with Gasteiger partial charge in [-0.3, -0.25) is 4.79 Å². The Morgan fingerprint density at radius 1 is 1.12 bits per heavy atom.